The largest absolute Gasteiger partial charge is 0.455 e. The Bertz CT molecular complexity index is 1230. The molecule has 1 amide bonds. The average Bonchev–Trinajstić information content (AvgIpc) is 3.29. The molecular weight excluding hydrogens is 471 g/mol. The van der Waals surface area contributed by atoms with Gasteiger partial charge in [-0.05, 0) is 74.2 Å². The van der Waals surface area contributed by atoms with Crippen molar-refractivity contribution in [2.75, 3.05) is 29.9 Å². The van der Waals surface area contributed by atoms with E-state index in [4.69, 9.17) is 4.74 Å². The van der Waals surface area contributed by atoms with E-state index in [0.717, 1.165) is 55.7 Å². The van der Waals surface area contributed by atoms with Crippen LogP contribution in [0.2, 0.25) is 0 Å². The first-order chi connectivity index (χ1) is 17.4. The summed E-state index contributed by atoms with van der Waals surface area (Å²) in [5.41, 5.74) is 0.890. The molecule has 2 aliphatic rings. The van der Waals surface area contributed by atoms with Gasteiger partial charge in [0.15, 0.2) is 11.6 Å². The van der Waals surface area contributed by atoms with Crippen LogP contribution in [0.1, 0.15) is 31.2 Å². The summed E-state index contributed by atoms with van der Waals surface area (Å²) in [4.78, 5) is 23.2. The summed E-state index contributed by atoms with van der Waals surface area (Å²) in [6, 6.07) is 11.7. The van der Waals surface area contributed by atoms with Crippen molar-refractivity contribution >= 4 is 17.4 Å². The molecule has 0 bridgehead atoms. The second kappa shape index (κ2) is 10.0. The van der Waals surface area contributed by atoms with Crippen LogP contribution in [0, 0.1) is 0 Å². The maximum atomic E-state index is 12.9. The van der Waals surface area contributed by atoms with Gasteiger partial charge in [-0.15, -0.1) is 0 Å². The van der Waals surface area contributed by atoms with Crippen LogP contribution in [0.3, 0.4) is 0 Å². The molecule has 2 saturated heterocycles. The van der Waals surface area contributed by atoms with Gasteiger partial charge in [0, 0.05) is 31.4 Å². The minimum Gasteiger partial charge on any atom is -0.455 e. The number of hydrogen-bond acceptors (Lipinski definition) is 6. The fourth-order valence-electron chi connectivity index (χ4n) is 4.45. The highest BCUT2D eigenvalue weighted by Gasteiger charge is 2.30. The first-order valence-electron chi connectivity index (χ1n) is 12.0. The van der Waals surface area contributed by atoms with E-state index in [9.17, 15) is 18.0 Å². The third-order valence-electron chi connectivity index (χ3n) is 6.35. The molecule has 0 unspecified atom stereocenters. The van der Waals surface area contributed by atoms with Crippen LogP contribution in [-0.2, 0) is 11.0 Å². The number of nitrogens with one attached hydrogen (secondary N) is 2. The molecule has 0 spiro atoms. The monoisotopic (exact) mass is 497 g/mol. The molecule has 0 aliphatic carbocycles. The lowest BCUT2D eigenvalue weighted by atomic mass is 10.1. The van der Waals surface area contributed by atoms with Crippen LogP contribution in [-0.4, -0.2) is 41.6 Å². The zero-order valence-corrected chi connectivity index (χ0v) is 19.5. The van der Waals surface area contributed by atoms with Gasteiger partial charge in [0.05, 0.1) is 11.3 Å². The number of carbonyl (C=O) groups is 1. The molecular formula is C26H26F3N5O2. The van der Waals surface area contributed by atoms with Crippen molar-refractivity contribution in [2.24, 2.45) is 0 Å². The molecule has 10 heteroatoms. The highest BCUT2D eigenvalue weighted by atomic mass is 19.4. The fourth-order valence-corrected chi connectivity index (χ4v) is 4.45. The zero-order chi connectivity index (χ0) is 25.1. The lowest BCUT2D eigenvalue weighted by Gasteiger charge is -2.30. The molecule has 0 radical (unpaired) electrons. The van der Waals surface area contributed by atoms with E-state index in [0.29, 0.717) is 36.1 Å². The smallest absolute Gasteiger partial charge is 0.416 e. The van der Waals surface area contributed by atoms with Crippen LogP contribution in [0.25, 0.3) is 11.4 Å². The van der Waals surface area contributed by atoms with Crippen molar-refractivity contribution in [3.8, 4) is 22.9 Å². The maximum Gasteiger partial charge on any atom is 0.416 e. The van der Waals surface area contributed by atoms with Gasteiger partial charge in [-0.3, -0.25) is 4.79 Å². The number of amides is 1. The molecule has 3 heterocycles. The van der Waals surface area contributed by atoms with Crippen LogP contribution in [0.4, 0.5) is 24.7 Å². The summed E-state index contributed by atoms with van der Waals surface area (Å²) >= 11 is 0. The molecule has 2 aliphatic heterocycles. The van der Waals surface area contributed by atoms with E-state index in [1.165, 1.54) is 12.1 Å². The molecule has 1 aromatic heterocycles. The van der Waals surface area contributed by atoms with E-state index >= 15 is 0 Å². The van der Waals surface area contributed by atoms with Crippen molar-refractivity contribution in [2.45, 2.75) is 37.9 Å². The van der Waals surface area contributed by atoms with E-state index in [1.807, 2.05) is 12.1 Å². The van der Waals surface area contributed by atoms with Gasteiger partial charge in [-0.25, -0.2) is 9.97 Å². The number of benzene rings is 2. The minimum absolute atomic E-state index is 0.0488. The van der Waals surface area contributed by atoms with Gasteiger partial charge < -0.3 is 20.3 Å². The van der Waals surface area contributed by atoms with Crippen molar-refractivity contribution in [1.82, 2.24) is 15.3 Å². The van der Waals surface area contributed by atoms with Gasteiger partial charge in [0.25, 0.3) is 0 Å². The van der Waals surface area contributed by atoms with Crippen LogP contribution < -0.4 is 20.3 Å². The van der Waals surface area contributed by atoms with Gasteiger partial charge in [-0.1, -0.05) is 0 Å². The fraction of sp³-hybridized carbons (Fsp3) is 0.346. The Hall–Kier alpha value is -3.82. The van der Waals surface area contributed by atoms with Crippen molar-refractivity contribution in [1.29, 1.82) is 0 Å². The van der Waals surface area contributed by atoms with Crippen LogP contribution >= 0.6 is 0 Å². The first-order valence-corrected chi connectivity index (χ1v) is 12.0. The maximum absolute atomic E-state index is 12.9. The van der Waals surface area contributed by atoms with Crippen molar-refractivity contribution in [3.05, 3.63) is 60.3 Å². The number of aromatic nitrogens is 2. The Kier molecular flexibility index (Phi) is 6.67. The molecule has 188 valence electrons. The molecule has 36 heavy (non-hydrogen) atoms. The van der Waals surface area contributed by atoms with Gasteiger partial charge in [0.2, 0.25) is 5.91 Å². The lowest BCUT2D eigenvalue weighted by Crippen LogP contribution is -2.30. The number of alkyl halides is 3. The Labute approximate surface area is 206 Å². The van der Waals surface area contributed by atoms with Crippen molar-refractivity contribution in [3.63, 3.8) is 0 Å². The number of carbonyl (C=O) groups excluding carboxylic acids is 1. The third-order valence-corrected chi connectivity index (χ3v) is 6.35. The minimum atomic E-state index is -4.40. The summed E-state index contributed by atoms with van der Waals surface area (Å²) in [7, 11) is 0. The summed E-state index contributed by atoms with van der Waals surface area (Å²) in [6.07, 6.45) is 1.17. The standard InChI is InChI=1S/C26H26F3N5O2/c27-26(28,29)18-5-7-19(8-6-18)36-22-9-4-17(16-21(22)34-14-2-1-3-15-34)24-30-13-11-23(33-24)32-20-10-12-31-25(20)35/h4-9,11,13,16,20H,1-3,10,12,14-15H2,(H,31,35)(H,30,32,33)/t20-/m0/s1. The number of piperidine rings is 1. The summed E-state index contributed by atoms with van der Waals surface area (Å²) in [5, 5.41) is 5.96. The number of hydrogen-bond donors (Lipinski definition) is 2. The molecule has 5 rings (SSSR count). The predicted molar refractivity (Wildman–Crippen MR) is 130 cm³/mol. The molecule has 7 nitrogen and oxygen atoms in total. The highest BCUT2D eigenvalue weighted by molar-refractivity contribution is 5.86. The second-order valence-electron chi connectivity index (χ2n) is 8.90. The van der Waals surface area contributed by atoms with Crippen LogP contribution in [0.15, 0.2) is 54.7 Å². The quantitative estimate of drug-likeness (QED) is 0.485. The highest BCUT2D eigenvalue weighted by Crippen LogP contribution is 2.38. The SMILES string of the molecule is O=C1NCC[C@@H]1Nc1ccnc(-c2ccc(Oc3ccc(C(F)(F)F)cc3)c(N3CCCCC3)c2)n1. The van der Waals surface area contributed by atoms with E-state index in [2.05, 4.69) is 25.5 Å². The number of nitrogens with zero attached hydrogens (tertiary/aromatic N) is 3. The molecule has 3 aromatic rings. The molecule has 2 aromatic carbocycles. The summed E-state index contributed by atoms with van der Waals surface area (Å²) < 4.78 is 44.8. The lowest BCUT2D eigenvalue weighted by molar-refractivity contribution is -0.137. The van der Waals surface area contributed by atoms with E-state index in [-0.39, 0.29) is 11.9 Å². The summed E-state index contributed by atoms with van der Waals surface area (Å²) in [5.74, 6) is 1.89. The predicted octanol–water partition coefficient (Wildman–Crippen LogP) is 5.25. The first kappa shape index (κ1) is 23.9. The Morgan fingerprint density at radius 3 is 2.50 bits per heavy atom. The molecule has 2 N–H and O–H groups in total. The topological polar surface area (TPSA) is 79.4 Å². The average molecular weight is 498 g/mol. The zero-order valence-electron chi connectivity index (χ0n) is 19.5. The summed E-state index contributed by atoms with van der Waals surface area (Å²) in [6.45, 7) is 2.34. The number of anilines is 2. The normalized spacial score (nSPS) is 18.1. The number of ether oxygens (including phenoxy) is 1. The Morgan fingerprint density at radius 2 is 1.81 bits per heavy atom. The second-order valence-corrected chi connectivity index (χ2v) is 8.90. The van der Waals surface area contributed by atoms with E-state index < -0.39 is 11.7 Å². The Morgan fingerprint density at radius 1 is 1.03 bits per heavy atom. The van der Waals surface area contributed by atoms with E-state index in [1.54, 1.807) is 18.3 Å². The Balaban J connectivity index is 1.43. The van der Waals surface area contributed by atoms with Crippen LogP contribution in [0.5, 0.6) is 11.5 Å². The van der Waals surface area contributed by atoms with Gasteiger partial charge in [-0.2, -0.15) is 13.2 Å². The van der Waals surface area contributed by atoms with Gasteiger partial charge in [0.1, 0.15) is 17.6 Å². The molecule has 0 saturated carbocycles. The van der Waals surface area contributed by atoms with Gasteiger partial charge >= 0.3 is 6.18 Å². The number of halogens is 3. The molecule has 2 fully saturated rings. The number of rotatable bonds is 6. The molecule has 1 atom stereocenters. The van der Waals surface area contributed by atoms with Crippen molar-refractivity contribution < 1.29 is 22.7 Å². The third kappa shape index (κ3) is 5.37.